The van der Waals surface area contributed by atoms with Gasteiger partial charge < -0.3 is 0 Å². The summed E-state index contributed by atoms with van der Waals surface area (Å²) < 4.78 is 0. The van der Waals surface area contributed by atoms with Crippen molar-refractivity contribution in [2.75, 3.05) is 0 Å². The van der Waals surface area contributed by atoms with Crippen LogP contribution in [0.1, 0.15) is 79.3 Å². The molecule has 132 valence electrons. The van der Waals surface area contributed by atoms with E-state index in [1.807, 2.05) is 18.2 Å². The fraction of sp³-hybridized carbons (Fsp3) is 0.545. The van der Waals surface area contributed by atoms with Gasteiger partial charge in [-0.25, -0.2) is 0 Å². The van der Waals surface area contributed by atoms with E-state index in [4.69, 9.17) is 4.98 Å². The normalized spacial score (nSPS) is 12.4. The van der Waals surface area contributed by atoms with Crippen molar-refractivity contribution < 1.29 is 0 Å². The lowest BCUT2D eigenvalue weighted by atomic mass is 9.80. The van der Waals surface area contributed by atoms with E-state index < -0.39 is 0 Å². The molecule has 2 rings (SSSR count). The predicted octanol–water partition coefficient (Wildman–Crippen LogP) is 6.06. The van der Waals surface area contributed by atoms with Crippen LogP contribution >= 0.6 is 0 Å². The highest BCUT2D eigenvalue weighted by atomic mass is 14.8. The summed E-state index contributed by atoms with van der Waals surface area (Å²) >= 11 is 0. The molecule has 0 aliphatic rings. The van der Waals surface area contributed by atoms with Crippen LogP contribution in [0.2, 0.25) is 0 Å². The monoisotopic (exact) mass is 326 g/mol. The van der Waals surface area contributed by atoms with E-state index in [2.05, 4.69) is 79.4 Å². The molecule has 0 aromatic carbocycles. The Hall–Kier alpha value is -1.70. The maximum absolute atomic E-state index is 4.89. The Balaban J connectivity index is 0.000000400. The molecule has 2 aromatic heterocycles. The molecule has 0 radical (unpaired) electrons. The minimum atomic E-state index is 0.0985. The van der Waals surface area contributed by atoms with Gasteiger partial charge in [0.1, 0.15) is 0 Å². The van der Waals surface area contributed by atoms with Gasteiger partial charge in [0.15, 0.2) is 0 Å². The Morgan fingerprint density at radius 3 is 1.21 bits per heavy atom. The van der Waals surface area contributed by atoms with Crippen molar-refractivity contribution in [3.63, 3.8) is 0 Å². The third-order valence-corrected chi connectivity index (χ3v) is 3.79. The molecule has 2 aromatic rings. The van der Waals surface area contributed by atoms with E-state index >= 15 is 0 Å². The van der Waals surface area contributed by atoms with Crippen LogP contribution in [0.4, 0.5) is 0 Å². The summed E-state index contributed by atoms with van der Waals surface area (Å²) in [5, 5.41) is 0. The summed E-state index contributed by atoms with van der Waals surface area (Å²) in [6.45, 7) is 20.2. The SMILES string of the molecule is CC(C)(C)c1cc(C(C)(C)C)nc(C(C)(C)C)c1.c1ccncc1. The topological polar surface area (TPSA) is 25.8 Å². The molecule has 0 atom stereocenters. The molecular weight excluding hydrogens is 292 g/mol. The Morgan fingerprint density at radius 1 is 0.583 bits per heavy atom. The van der Waals surface area contributed by atoms with E-state index in [-0.39, 0.29) is 16.2 Å². The van der Waals surface area contributed by atoms with Crippen molar-refractivity contribution in [2.45, 2.75) is 78.6 Å². The summed E-state index contributed by atoms with van der Waals surface area (Å²) in [5.41, 5.74) is 4.14. The van der Waals surface area contributed by atoms with Gasteiger partial charge in [-0.15, -0.1) is 0 Å². The van der Waals surface area contributed by atoms with E-state index in [0.29, 0.717) is 0 Å². The molecule has 0 spiro atoms. The minimum Gasteiger partial charge on any atom is -0.265 e. The second-order valence-electron chi connectivity index (χ2n) is 9.40. The zero-order valence-corrected chi connectivity index (χ0v) is 16.9. The number of nitrogens with zero attached hydrogens (tertiary/aromatic N) is 2. The molecule has 24 heavy (non-hydrogen) atoms. The molecule has 0 aliphatic carbocycles. The molecule has 0 aliphatic heterocycles. The van der Waals surface area contributed by atoms with Crippen LogP contribution in [-0.4, -0.2) is 9.97 Å². The van der Waals surface area contributed by atoms with Gasteiger partial charge in [-0.3, -0.25) is 9.97 Å². The number of pyridine rings is 2. The van der Waals surface area contributed by atoms with Crippen LogP contribution in [0, 0.1) is 0 Å². The predicted molar refractivity (Wildman–Crippen MR) is 105 cm³/mol. The Kier molecular flexibility index (Phi) is 6.32. The third kappa shape index (κ3) is 6.43. The average Bonchev–Trinajstić information content (AvgIpc) is 2.46. The van der Waals surface area contributed by atoms with Gasteiger partial charge in [-0.05, 0) is 35.2 Å². The molecule has 0 saturated heterocycles. The zero-order chi connectivity index (χ0) is 18.6. The molecule has 2 heterocycles. The summed E-state index contributed by atoms with van der Waals surface area (Å²) in [6, 6.07) is 10.3. The number of rotatable bonds is 0. The van der Waals surface area contributed by atoms with Crippen molar-refractivity contribution in [3.8, 4) is 0 Å². The second-order valence-corrected chi connectivity index (χ2v) is 9.40. The number of hydrogen-bond donors (Lipinski definition) is 0. The van der Waals surface area contributed by atoms with Gasteiger partial charge in [0.25, 0.3) is 0 Å². The van der Waals surface area contributed by atoms with Crippen LogP contribution in [0.5, 0.6) is 0 Å². The molecule has 0 bridgehead atoms. The van der Waals surface area contributed by atoms with Gasteiger partial charge in [-0.1, -0.05) is 68.4 Å². The molecule has 0 amide bonds. The number of aromatic nitrogens is 2. The number of hydrogen-bond acceptors (Lipinski definition) is 2. The maximum atomic E-state index is 4.89. The third-order valence-electron chi connectivity index (χ3n) is 3.79. The summed E-state index contributed by atoms with van der Waals surface area (Å²) in [5.74, 6) is 0. The smallest absolute Gasteiger partial charge is 0.0463 e. The Bertz CT molecular complexity index is 518. The fourth-order valence-electron chi connectivity index (χ4n) is 2.04. The first-order valence-corrected chi connectivity index (χ1v) is 8.70. The minimum absolute atomic E-state index is 0.0985. The van der Waals surface area contributed by atoms with Gasteiger partial charge in [0.2, 0.25) is 0 Å². The highest BCUT2D eigenvalue weighted by molar-refractivity contribution is 5.32. The summed E-state index contributed by atoms with van der Waals surface area (Å²) in [6.07, 6.45) is 3.50. The van der Waals surface area contributed by atoms with Crippen molar-refractivity contribution in [2.24, 2.45) is 0 Å². The maximum Gasteiger partial charge on any atom is 0.0463 e. The van der Waals surface area contributed by atoms with Gasteiger partial charge >= 0.3 is 0 Å². The van der Waals surface area contributed by atoms with Crippen molar-refractivity contribution in [3.05, 3.63) is 59.7 Å². The standard InChI is InChI=1S/C17H29N.C5H5N/c1-15(2,3)12-10-13(16(4,5)6)18-14(11-12)17(7,8)9;1-2-4-6-5-3-1/h10-11H,1-9H3;1-5H. The van der Waals surface area contributed by atoms with Gasteiger partial charge in [-0.2, -0.15) is 0 Å². The van der Waals surface area contributed by atoms with Crippen molar-refractivity contribution in [1.82, 2.24) is 9.97 Å². The van der Waals surface area contributed by atoms with Crippen LogP contribution in [0.25, 0.3) is 0 Å². The lowest BCUT2D eigenvalue weighted by Gasteiger charge is -2.28. The second kappa shape index (κ2) is 7.46. The molecule has 0 saturated carbocycles. The van der Waals surface area contributed by atoms with E-state index in [1.165, 1.54) is 17.0 Å². The molecule has 2 nitrogen and oxygen atoms in total. The van der Waals surface area contributed by atoms with Crippen LogP contribution in [0.15, 0.2) is 42.7 Å². The molecule has 0 unspecified atom stereocenters. The van der Waals surface area contributed by atoms with E-state index in [9.17, 15) is 0 Å². The highest BCUT2D eigenvalue weighted by Gasteiger charge is 2.25. The Morgan fingerprint density at radius 2 is 1.00 bits per heavy atom. The van der Waals surface area contributed by atoms with Crippen molar-refractivity contribution in [1.29, 1.82) is 0 Å². The molecule has 2 heteroatoms. The first-order chi connectivity index (χ1) is 10.8. The zero-order valence-electron chi connectivity index (χ0n) is 16.9. The fourth-order valence-corrected chi connectivity index (χ4v) is 2.04. The average molecular weight is 327 g/mol. The van der Waals surface area contributed by atoms with Gasteiger partial charge in [0.05, 0.1) is 0 Å². The molecule has 0 N–H and O–H groups in total. The molecular formula is C22H34N2. The van der Waals surface area contributed by atoms with Crippen molar-refractivity contribution >= 4 is 0 Å². The largest absolute Gasteiger partial charge is 0.265 e. The quantitative estimate of drug-likeness (QED) is 0.588. The Labute approximate surface area is 148 Å². The highest BCUT2D eigenvalue weighted by Crippen LogP contribution is 2.31. The van der Waals surface area contributed by atoms with Crippen LogP contribution in [-0.2, 0) is 16.2 Å². The lowest BCUT2D eigenvalue weighted by Crippen LogP contribution is -2.23. The van der Waals surface area contributed by atoms with E-state index in [1.54, 1.807) is 12.4 Å². The first kappa shape index (κ1) is 20.3. The summed E-state index contributed by atoms with van der Waals surface area (Å²) in [4.78, 5) is 8.67. The first-order valence-electron chi connectivity index (χ1n) is 8.70. The van der Waals surface area contributed by atoms with Gasteiger partial charge in [0, 0.05) is 34.6 Å². The van der Waals surface area contributed by atoms with E-state index in [0.717, 1.165) is 0 Å². The van der Waals surface area contributed by atoms with Crippen LogP contribution < -0.4 is 0 Å². The lowest BCUT2D eigenvalue weighted by molar-refractivity contribution is 0.517. The summed E-state index contributed by atoms with van der Waals surface area (Å²) in [7, 11) is 0. The van der Waals surface area contributed by atoms with Crippen LogP contribution in [0.3, 0.4) is 0 Å². The molecule has 0 fully saturated rings.